The molecule has 0 amide bonds. The van der Waals surface area contributed by atoms with Crippen LogP contribution in [0.4, 0.5) is 0 Å². The Morgan fingerprint density at radius 1 is 0.917 bits per heavy atom. The minimum absolute atomic E-state index is 0.491. The summed E-state index contributed by atoms with van der Waals surface area (Å²) in [6.07, 6.45) is 0. The molecule has 0 aliphatic rings. The molecule has 0 aliphatic heterocycles. The van der Waals surface area contributed by atoms with E-state index in [0.29, 0.717) is 15.0 Å². The van der Waals surface area contributed by atoms with E-state index in [-0.39, 0.29) is 0 Å². The third kappa shape index (κ3) is 1.82. The van der Waals surface area contributed by atoms with E-state index in [0.717, 1.165) is 0 Å². The van der Waals surface area contributed by atoms with Crippen LogP contribution in [-0.2, 0) is 0 Å². The van der Waals surface area contributed by atoms with E-state index >= 15 is 0 Å². The fourth-order valence-electron chi connectivity index (χ4n) is 1.05. The summed E-state index contributed by atoms with van der Waals surface area (Å²) >= 11 is 0.491. The number of hydrogen-bond acceptors (Lipinski definition) is 0. The second kappa shape index (κ2) is 3.66. The summed E-state index contributed by atoms with van der Waals surface area (Å²) in [4.78, 5) is 0. The van der Waals surface area contributed by atoms with Gasteiger partial charge in [0.15, 0.2) is 0 Å². The summed E-state index contributed by atoms with van der Waals surface area (Å²) < 4.78 is 2.89. The fourth-order valence-corrected chi connectivity index (χ4v) is 2.85. The monoisotopic (exact) mass is 221 g/mol. The maximum absolute atomic E-state index is 2.19. The van der Waals surface area contributed by atoms with Crippen molar-refractivity contribution in [3.63, 3.8) is 0 Å². The summed E-state index contributed by atoms with van der Waals surface area (Å²) in [5.41, 5.74) is 0. The zero-order valence-electron chi connectivity index (χ0n) is 6.60. The van der Waals surface area contributed by atoms with E-state index in [1.807, 2.05) is 0 Å². The van der Waals surface area contributed by atoms with Crippen LogP contribution in [-0.4, -0.2) is 15.0 Å². The molecular weight excluding hydrogens is 211 g/mol. The average molecular weight is 220 g/mol. The van der Waals surface area contributed by atoms with Crippen molar-refractivity contribution in [1.82, 2.24) is 0 Å². The van der Waals surface area contributed by atoms with Crippen molar-refractivity contribution in [2.24, 2.45) is 0 Å². The van der Waals surface area contributed by atoms with Gasteiger partial charge in [0.05, 0.1) is 0 Å². The van der Waals surface area contributed by atoms with Gasteiger partial charge < -0.3 is 0 Å². The Balaban J connectivity index is 2.15. The molecule has 0 bridgehead atoms. The molecule has 2 rings (SSSR count). The molecule has 1 heteroatoms. The first-order valence-electron chi connectivity index (χ1n) is 3.90. The first-order valence-corrected chi connectivity index (χ1v) is 5.61. The Morgan fingerprint density at radius 2 is 1.75 bits per heavy atom. The molecule has 0 nitrogen and oxygen atoms in total. The Labute approximate surface area is 78.8 Å². The van der Waals surface area contributed by atoms with Gasteiger partial charge in [-0.15, -0.1) is 0 Å². The zero-order chi connectivity index (χ0) is 8.23. The molecule has 12 heavy (non-hydrogen) atoms. The van der Waals surface area contributed by atoms with Crippen LogP contribution >= 0.6 is 0 Å². The second-order valence-corrected chi connectivity index (χ2v) is 4.94. The van der Waals surface area contributed by atoms with Gasteiger partial charge in [0.2, 0.25) is 0 Å². The van der Waals surface area contributed by atoms with Crippen LogP contribution < -0.4 is 8.92 Å². The van der Waals surface area contributed by atoms with Gasteiger partial charge >= 0.3 is 78.5 Å². The molecule has 0 atom stereocenters. The first-order chi connectivity index (χ1) is 5.95. The Bertz CT molecular complexity index is 321. The first kappa shape index (κ1) is 7.72. The van der Waals surface area contributed by atoms with Crippen molar-refractivity contribution in [3.8, 4) is 0 Å². The van der Waals surface area contributed by atoms with Crippen molar-refractivity contribution >= 4 is 23.9 Å². The van der Waals surface area contributed by atoms with E-state index in [4.69, 9.17) is 0 Å². The van der Waals surface area contributed by atoms with E-state index in [1.54, 1.807) is 0 Å². The van der Waals surface area contributed by atoms with Crippen LogP contribution in [0.15, 0.2) is 54.6 Å². The van der Waals surface area contributed by atoms with Gasteiger partial charge in [-0.2, -0.15) is 0 Å². The van der Waals surface area contributed by atoms with Gasteiger partial charge in [0.1, 0.15) is 0 Å². The standard InChI is InChI=1S/C11H9Se/c1-2-6-10(7-3-1)12-11-8-4-5-9-11/h1-9H/q-1. The van der Waals surface area contributed by atoms with Gasteiger partial charge in [-0.25, -0.2) is 0 Å². The molecule has 0 N–H and O–H groups in total. The SMILES string of the molecule is c1ccc([Se]c2cc[cH-]c2)cc1. The van der Waals surface area contributed by atoms with Crippen molar-refractivity contribution in [2.75, 3.05) is 0 Å². The van der Waals surface area contributed by atoms with Gasteiger partial charge in [0, 0.05) is 0 Å². The predicted octanol–water partition coefficient (Wildman–Crippen LogP) is 1.06. The molecule has 0 fully saturated rings. The molecule has 2 aromatic carbocycles. The van der Waals surface area contributed by atoms with Crippen molar-refractivity contribution in [3.05, 3.63) is 54.6 Å². The molecule has 0 saturated heterocycles. The summed E-state index contributed by atoms with van der Waals surface area (Å²) in [7, 11) is 0. The molecule has 0 heterocycles. The van der Waals surface area contributed by atoms with Crippen LogP contribution in [0, 0.1) is 0 Å². The van der Waals surface area contributed by atoms with Gasteiger partial charge in [-0.05, 0) is 0 Å². The number of benzene rings is 1. The van der Waals surface area contributed by atoms with Crippen LogP contribution in [0.3, 0.4) is 0 Å². The van der Waals surface area contributed by atoms with E-state index < -0.39 is 0 Å². The second-order valence-electron chi connectivity index (χ2n) is 2.54. The molecule has 60 valence electrons. The summed E-state index contributed by atoms with van der Waals surface area (Å²) in [6, 6.07) is 19.2. The third-order valence-corrected chi connectivity index (χ3v) is 3.74. The zero-order valence-corrected chi connectivity index (χ0v) is 8.32. The molecule has 0 spiro atoms. The van der Waals surface area contributed by atoms with Crippen LogP contribution in [0.25, 0.3) is 0 Å². The Morgan fingerprint density at radius 3 is 2.42 bits per heavy atom. The molecule has 2 aromatic rings. The molecular formula is C11H9Se-. The predicted molar refractivity (Wildman–Crippen MR) is 53.5 cm³/mol. The van der Waals surface area contributed by atoms with Crippen LogP contribution in [0.5, 0.6) is 0 Å². The summed E-state index contributed by atoms with van der Waals surface area (Å²) in [6.45, 7) is 0. The molecule has 0 radical (unpaired) electrons. The van der Waals surface area contributed by atoms with Crippen molar-refractivity contribution < 1.29 is 0 Å². The quantitative estimate of drug-likeness (QED) is 0.524. The normalized spacial score (nSPS) is 10.0. The summed E-state index contributed by atoms with van der Waals surface area (Å²) in [5.74, 6) is 0. The molecule has 0 saturated carbocycles. The molecule has 0 aliphatic carbocycles. The molecule has 0 aromatic heterocycles. The fraction of sp³-hybridized carbons (Fsp3) is 0. The van der Waals surface area contributed by atoms with E-state index in [2.05, 4.69) is 54.6 Å². The van der Waals surface area contributed by atoms with E-state index in [9.17, 15) is 0 Å². The maximum atomic E-state index is 2.19. The van der Waals surface area contributed by atoms with E-state index in [1.165, 1.54) is 8.92 Å². The average Bonchev–Trinajstić information content (AvgIpc) is 2.59. The minimum atomic E-state index is 0.491. The van der Waals surface area contributed by atoms with Gasteiger partial charge in [-0.3, -0.25) is 0 Å². The molecule has 0 unspecified atom stereocenters. The van der Waals surface area contributed by atoms with Crippen LogP contribution in [0.1, 0.15) is 0 Å². The number of hydrogen-bond donors (Lipinski definition) is 0. The van der Waals surface area contributed by atoms with Gasteiger partial charge in [0.25, 0.3) is 0 Å². The van der Waals surface area contributed by atoms with Gasteiger partial charge in [-0.1, -0.05) is 0 Å². The number of rotatable bonds is 2. The summed E-state index contributed by atoms with van der Waals surface area (Å²) in [5, 5.41) is 0. The van der Waals surface area contributed by atoms with Crippen molar-refractivity contribution in [1.29, 1.82) is 0 Å². The van der Waals surface area contributed by atoms with Crippen molar-refractivity contribution in [2.45, 2.75) is 0 Å². The Hall–Kier alpha value is -0.911. The third-order valence-electron chi connectivity index (χ3n) is 1.61. The topological polar surface area (TPSA) is 0 Å². The Kier molecular flexibility index (Phi) is 2.36. The van der Waals surface area contributed by atoms with Crippen LogP contribution in [0.2, 0.25) is 0 Å².